The summed E-state index contributed by atoms with van der Waals surface area (Å²) in [4.78, 5) is 12.9. The summed E-state index contributed by atoms with van der Waals surface area (Å²) < 4.78 is 28.6. The summed E-state index contributed by atoms with van der Waals surface area (Å²) >= 11 is 5.93. The number of rotatable bonds is 6. The van der Waals surface area contributed by atoms with Gasteiger partial charge in [-0.15, -0.1) is 0 Å². The van der Waals surface area contributed by atoms with Gasteiger partial charge in [0.25, 0.3) is 5.91 Å². The van der Waals surface area contributed by atoms with E-state index < -0.39 is 10.8 Å². The molecule has 1 amide bonds. The minimum Gasteiger partial charge on any atom is -0.455 e. The highest BCUT2D eigenvalue weighted by Crippen LogP contribution is 2.32. The van der Waals surface area contributed by atoms with E-state index in [1.165, 1.54) is 0 Å². The van der Waals surface area contributed by atoms with Crippen LogP contribution in [0.2, 0.25) is 5.02 Å². The first-order chi connectivity index (χ1) is 13.6. The molecule has 144 valence electrons. The van der Waals surface area contributed by atoms with Crippen LogP contribution in [-0.4, -0.2) is 16.9 Å². The lowest BCUT2D eigenvalue weighted by Crippen LogP contribution is -2.22. The van der Waals surface area contributed by atoms with Gasteiger partial charge in [-0.2, -0.15) is 0 Å². The van der Waals surface area contributed by atoms with Crippen LogP contribution in [0.15, 0.2) is 63.9 Å². The highest BCUT2D eigenvalue weighted by atomic mass is 35.5. The molecule has 0 radical (unpaired) electrons. The average molecular weight is 418 g/mol. The maximum absolute atomic E-state index is 12.4. The molecular weight excluding hydrogens is 402 g/mol. The Balaban J connectivity index is 1.35. The van der Waals surface area contributed by atoms with E-state index in [1.807, 2.05) is 12.1 Å². The number of fused-ring (bicyclic) bond motifs is 1. The summed E-state index contributed by atoms with van der Waals surface area (Å²) in [5, 5.41) is 3.31. The Bertz CT molecular complexity index is 1050. The number of amides is 1. The lowest BCUT2D eigenvalue weighted by atomic mass is 10.2. The molecular formula is C20H16ClNO5S. The molecule has 0 aliphatic carbocycles. The van der Waals surface area contributed by atoms with Gasteiger partial charge in [0.15, 0.2) is 17.3 Å². The van der Waals surface area contributed by atoms with Gasteiger partial charge in [0.2, 0.25) is 6.79 Å². The first kappa shape index (κ1) is 18.6. The Labute approximate surface area is 168 Å². The van der Waals surface area contributed by atoms with Gasteiger partial charge in [0.1, 0.15) is 5.76 Å². The van der Waals surface area contributed by atoms with Crippen LogP contribution in [0.3, 0.4) is 0 Å². The van der Waals surface area contributed by atoms with Crippen LogP contribution in [0.5, 0.6) is 11.5 Å². The number of ether oxygens (including phenoxy) is 2. The number of carbonyl (C=O) groups excluding carboxylic acids is 1. The van der Waals surface area contributed by atoms with Crippen LogP contribution >= 0.6 is 11.6 Å². The third-order valence-corrected chi connectivity index (χ3v) is 5.67. The largest absolute Gasteiger partial charge is 0.455 e. The first-order valence-corrected chi connectivity index (χ1v) is 10.2. The molecule has 2 heterocycles. The smallest absolute Gasteiger partial charge is 0.287 e. The molecule has 1 aliphatic rings. The van der Waals surface area contributed by atoms with E-state index in [1.54, 1.807) is 42.5 Å². The van der Waals surface area contributed by atoms with Crippen molar-refractivity contribution in [3.05, 3.63) is 76.7 Å². The monoisotopic (exact) mass is 417 g/mol. The van der Waals surface area contributed by atoms with Crippen molar-refractivity contribution in [3.8, 4) is 11.5 Å². The zero-order chi connectivity index (χ0) is 19.5. The lowest BCUT2D eigenvalue weighted by Gasteiger charge is -2.05. The highest BCUT2D eigenvalue weighted by molar-refractivity contribution is 7.84. The summed E-state index contributed by atoms with van der Waals surface area (Å²) in [5.74, 6) is 1.80. The van der Waals surface area contributed by atoms with E-state index in [4.69, 9.17) is 25.5 Å². The van der Waals surface area contributed by atoms with Gasteiger partial charge in [0.05, 0.1) is 16.6 Å². The van der Waals surface area contributed by atoms with Crippen molar-refractivity contribution in [3.63, 3.8) is 0 Å². The molecule has 0 saturated heterocycles. The number of halogens is 1. The van der Waals surface area contributed by atoms with Crippen molar-refractivity contribution in [2.75, 3.05) is 6.79 Å². The molecule has 0 spiro atoms. The maximum atomic E-state index is 12.4. The number of hydrogen-bond donors (Lipinski definition) is 1. The molecule has 4 rings (SSSR count). The quantitative estimate of drug-likeness (QED) is 0.658. The zero-order valence-corrected chi connectivity index (χ0v) is 16.2. The van der Waals surface area contributed by atoms with Crippen LogP contribution < -0.4 is 14.8 Å². The van der Waals surface area contributed by atoms with E-state index in [9.17, 15) is 9.00 Å². The van der Waals surface area contributed by atoms with E-state index in [0.717, 1.165) is 5.56 Å². The van der Waals surface area contributed by atoms with Gasteiger partial charge in [-0.05, 0) is 48.0 Å². The van der Waals surface area contributed by atoms with Crippen molar-refractivity contribution >= 4 is 28.3 Å². The van der Waals surface area contributed by atoms with Crippen molar-refractivity contribution in [1.82, 2.24) is 5.32 Å². The van der Waals surface area contributed by atoms with Crippen molar-refractivity contribution in [2.45, 2.75) is 17.2 Å². The number of nitrogens with one attached hydrogen (secondary N) is 1. The Morgan fingerprint density at radius 2 is 1.93 bits per heavy atom. The van der Waals surface area contributed by atoms with E-state index in [-0.39, 0.29) is 24.2 Å². The normalized spacial score (nSPS) is 13.3. The summed E-state index contributed by atoms with van der Waals surface area (Å²) in [6.45, 7) is 0.525. The number of benzene rings is 2. The number of hydrogen-bond acceptors (Lipinski definition) is 5. The highest BCUT2D eigenvalue weighted by Gasteiger charge is 2.16. The van der Waals surface area contributed by atoms with Gasteiger partial charge >= 0.3 is 0 Å². The van der Waals surface area contributed by atoms with E-state index >= 15 is 0 Å². The topological polar surface area (TPSA) is 77.8 Å². The minimum absolute atomic E-state index is 0.162. The van der Waals surface area contributed by atoms with Crippen molar-refractivity contribution < 1.29 is 22.9 Å². The second-order valence-electron chi connectivity index (χ2n) is 6.08. The fraction of sp³-hybridized carbons (Fsp3) is 0.150. The molecule has 0 bridgehead atoms. The third-order valence-electron chi connectivity index (χ3n) is 4.11. The van der Waals surface area contributed by atoms with Crippen molar-refractivity contribution in [2.24, 2.45) is 0 Å². The summed E-state index contributed by atoms with van der Waals surface area (Å²) in [7, 11) is -1.31. The summed E-state index contributed by atoms with van der Waals surface area (Å²) in [5.41, 5.74) is 0.881. The molecule has 6 nitrogen and oxygen atoms in total. The molecule has 1 aromatic heterocycles. The van der Waals surface area contributed by atoms with Gasteiger partial charge in [-0.1, -0.05) is 23.7 Å². The Hall–Kier alpha value is -2.77. The van der Waals surface area contributed by atoms with Crippen LogP contribution in [-0.2, 0) is 23.1 Å². The second kappa shape index (κ2) is 8.08. The fourth-order valence-electron chi connectivity index (χ4n) is 2.72. The zero-order valence-electron chi connectivity index (χ0n) is 14.6. The molecule has 8 heteroatoms. The number of carbonyl (C=O) groups is 1. The van der Waals surface area contributed by atoms with Crippen molar-refractivity contribution in [1.29, 1.82) is 0 Å². The maximum Gasteiger partial charge on any atom is 0.287 e. The molecule has 2 aromatic carbocycles. The predicted molar refractivity (Wildman–Crippen MR) is 104 cm³/mol. The Kier molecular flexibility index (Phi) is 5.36. The first-order valence-electron chi connectivity index (χ1n) is 8.48. The molecule has 28 heavy (non-hydrogen) atoms. The SMILES string of the molecule is O=C(NCc1ccc2c(c1)OCO2)c1ccc(CS(=O)c2cccc(Cl)c2)o1. The van der Waals surface area contributed by atoms with Crippen LogP contribution in [0.4, 0.5) is 0 Å². The molecule has 0 fully saturated rings. The number of furan rings is 1. The van der Waals surface area contributed by atoms with E-state index in [0.29, 0.717) is 33.7 Å². The Morgan fingerprint density at radius 3 is 2.79 bits per heavy atom. The van der Waals surface area contributed by atoms with Crippen LogP contribution in [0.25, 0.3) is 0 Å². The van der Waals surface area contributed by atoms with Gasteiger partial charge in [-0.25, -0.2) is 0 Å². The predicted octanol–water partition coefficient (Wildman–Crippen LogP) is 3.90. The van der Waals surface area contributed by atoms with Gasteiger partial charge in [0, 0.05) is 16.5 Å². The Morgan fingerprint density at radius 1 is 1.07 bits per heavy atom. The standard InChI is InChI=1S/C20H16ClNO5S/c21-14-2-1-3-16(9-14)28(24)11-15-5-7-18(27-15)20(23)22-10-13-4-6-17-19(8-13)26-12-25-17/h1-9H,10-12H2,(H,22,23). The molecule has 1 aliphatic heterocycles. The molecule has 3 aromatic rings. The molecule has 0 saturated carbocycles. The lowest BCUT2D eigenvalue weighted by molar-refractivity contribution is 0.0921. The van der Waals surface area contributed by atoms with E-state index in [2.05, 4.69) is 5.32 Å². The second-order valence-corrected chi connectivity index (χ2v) is 7.97. The summed E-state index contributed by atoms with van der Waals surface area (Å²) in [6.07, 6.45) is 0. The molecule has 1 N–H and O–H groups in total. The van der Waals surface area contributed by atoms with Gasteiger partial charge < -0.3 is 19.2 Å². The fourth-order valence-corrected chi connectivity index (χ4v) is 4.04. The minimum atomic E-state index is -1.31. The van der Waals surface area contributed by atoms with Crippen LogP contribution in [0, 0.1) is 0 Å². The third kappa shape index (κ3) is 4.21. The molecule has 1 unspecified atom stereocenters. The van der Waals surface area contributed by atoms with Crippen LogP contribution in [0.1, 0.15) is 21.9 Å². The summed E-state index contributed by atoms with van der Waals surface area (Å²) in [6, 6.07) is 15.6. The average Bonchev–Trinajstić information content (AvgIpc) is 3.35. The molecule has 1 atom stereocenters. The van der Waals surface area contributed by atoms with Gasteiger partial charge in [-0.3, -0.25) is 9.00 Å².